The molecule has 0 fully saturated rings. The smallest absolute Gasteiger partial charge is 0.335 e. The Labute approximate surface area is 105 Å². The fourth-order valence-corrected chi connectivity index (χ4v) is 1.33. The predicted octanol–water partition coefficient (Wildman–Crippen LogP) is 0.860. The van der Waals surface area contributed by atoms with Gasteiger partial charge in [-0.25, -0.2) is 9.59 Å². The van der Waals surface area contributed by atoms with Crippen LogP contribution in [0.5, 0.6) is 0 Å². The first-order valence-electron chi connectivity index (χ1n) is 5.41. The molecule has 5 heteroatoms. The number of rotatable bonds is 5. The van der Waals surface area contributed by atoms with E-state index in [4.69, 9.17) is 11.5 Å². The second kappa shape index (κ2) is 6.97. The van der Waals surface area contributed by atoms with Crippen molar-refractivity contribution in [1.82, 2.24) is 10.6 Å². The van der Waals surface area contributed by atoms with Crippen LogP contribution in [0.15, 0.2) is 24.3 Å². The minimum atomic E-state index is -0.951. The van der Waals surface area contributed by atoms with Gasteiger partial charge in [0, 0.05) is 6.54 Å². The molecule has 1 aromatic rings. The van der Waals surface area contributed by atoms with Crippen molar-refractivity contribution in [3.63, 3.8) is 0 Å². The normalized spacial score (nSPS) is 9.28. The van der Waals surface area contributed by atoms with E-state index >= 15 is 0 Å². The number of hydrogen-bond donors (Lipinski definition) is 3. The highest BCUT2D eigenvalue weighted by molar-refractivity contribution is 5.87. The van der Waals surface area contributed by atoms with Crippen LogP contribution in [0, 0.1) is 12.3 Å². The monoisotopic (exact) mass is 246 g/mol. The van der Waals surface area contributed by atoms with Gasteiger partial charge in [0.15, 0.2) is 0 Å². The van der Waals surface area contributed by atoms with Gasteiger partial charge < -0.3 is 15.7 Å². The average molecular weight is 246 g/mol. The highest BCUT2D eigenvalue weighted by Crippen LogP contribution is 2.04. The zero-order chi connectivity index (χ0) is 13.4. The Kier molecular flexibility index (Phi) is 5.26. The lowest BCUT2D eigenvalue weighted by Crippen LogP contribution is -2.36. The molecule has 3 N–H and O–H groups in total. The summed E-state index contributed by atoms with van der Waals surface area (Å²) in [6.07, 6.45) is 5.62. The van der Waals surface area contributed by atoms with Crippen LogP contribution >= 0.6 is 0 Å². The van der Waals surface area contributed by atoms with Gasteiger partial charge >= 0.3 is 12.0 Å². The van der Waals surface area contributed by atoms with Crippen LogP contribution in [0.4, 0.5) is 4.79 Å². The number of urea groups is 1. The largest absolute Gasteiger partial charge is 0.478 e. The molecule has 2 amide bonds. The summed E-state index contributed by atoms with van der Waals surface area (Å²) in [7, 11) is 0. The average Bonchev–Trinajstić information content (AvgIpc) is 2.37. The summed E-state index contributed by atoms with van der Waals surface area (Å²) < 4.78 is 0. The molecule has 0 bridgehead atoms. The molecule has 0 aliphatic carbocycles. The van der Waals surface area contributed by atoms with Crippen molar-refractivity contribution in [2.75, 3.05) is 13.1 Å². The lowest BCUT2D eigenvalue weighted by Gasteiger charge is -2.05. The molecule has 5 nitrogen and oxygen atoms in total. The number of terminal acetylenes is 1. The Bertz CT molecular complexity index is 460. The maximum atomic E-state index is 11.1. The zero-order valence-electron chi connectivity index (χ0n) is 9.77. The van der Waals surface area contributed by atoms with Gasteiger partial charge in [0.25, 0.3) is 0 Å². The molecule has 0 heterocycles. The molecule has 18 heavy (non-hydrogen) atoms. The third-order valence-corrected chi connectivity index (χ3v) is 2.25. The highest BCUT2D eigenvalue weighted by Gasteiger charge is 2.02. The standard InChI is InChI=1S/C13H14N2O3/c1-2-8-14-13(18)15-9-7-10-3-5-11(6-4-10)12(16)17/h1,3-6H,7-9H2,(H,16,17)(H2,14,15,18). The quantitative estimate of drug-likeness (QED) is 0.674. The number of aromatic carboxylic acids is 1. The van der Waals surface area contributed by atoms with Crippen LogP contribution in [0.1, 0.15) is 15.9 Å². The van der Waals surface area contributed by atoms with Crippen LogP contribution in [0.25, 0.3) is 0 Å². The lowest BCUT2D eigenvalue weighted by molar-refractivity contribution is 0.0697. The predicted molar refractivity (Wildman–Crippen MR) is 67.3 cm³/mol. The molecular formula is C13H14N2O3. The maximum absolute atomic E-state index is 11.1. The zero-order valence-corrected chi connectivity index (χ0v) is 9.77. The molecule has 0 unspecified atom stereocenters. The van der Waals surface area contributed by atoms with Crippen molar-refractivity contribution in [3.05, 3.63) is 35.4 Å². The van der Waals surface area contributed by atoms with E-state index in [-0.39, 0.29) is 18.1 Å². The number of hydrogen-bond acceptors (Lipinski definition) is 2. The summed E-state index contributed by atoms with van der Waals surface area (Å²) in [5.41, 5.74) is 1.20. The summed E-state index contributed by atoms with van der Waals surface area (Å²) in [6.45, 7) is 0.655. The first kappa shape index (κ1) is 13.6. The first-order valence-corrected chi connectivity index (χ1v) is 5.41. The molecule has 0 aromatic heterocycles. The van der Waals surface area contributed by atoms with E-state index in [0.717, 1.165) is 5.56 Å². The van der Waals surface area contributed by atoms with Crippen molar-refractivity contribution in [2.45, 2.75) is 6.42 Å². The number of nitrogens with one attached hydrogen (secondary N) is 2. The van der Waals surface area contributed by atoms with Crippen molar-refractivity contribution in [3.8, 4) is 12.3 Å². The number of carbonyl (C=O) groups excluding carboxylic acids is 1. The van der Waals surface area contributed by atoms with Gasteiger partial charge in [0.05, 0.1) is 12.1 Å². The van der Waals surface area contributed by atoms with Crippen molar-refractivity contribution < 1.29 is 14.7 Å². The molecule has 0 aliphatic heterocycles. The number of carbonyl (C=O) groups is 2. The Morgan fingerprint density at radius 3 is 2.44 bits per heavy atom. The number of benzene rings is 1. The van der Waals surface area contributed by atoms with Crippen LogP contribution < -0.4 is 10.6 Å². The van der Waals surface area contributed by atoms with Crippen molar-refractivity contribution in [2.24, 2.45) is 0 Å². The van der Waals surface area contributed by atoms with Crippen molar-refractivity contribution in [1.29, 1.82) is 0 Å². The molecule has 1 aromatic carbocycles. The maximum Gasteiger partial charge on any atom is 0.335 e. The van der Waals surface area contributed by atoms with E-state index in [2.05, 4.69) is 16.6 Å². The number of amides is 2. The summed E-state index contributed by atoms with van der Waals surface area (Å²) >= 11 is 0. The molecule has 94 valence electrons. The Morgan fingerprint density at radius 1 is 1.22 bits per heavy atom. The van der Waals surface area contributed by atoms with Gasteiger partial charge in [-0.15, -0.1) is 6.42 Å². The van der Waals surface area contributed by atoms with Crippen LogP contribution in [-0.4, -0.2) is 30.2 Å². The van der Waals surface area contributed by atoms with Gasteiger partial charge in [-0.3, -0.25) is 0 Å². The van der Waals surface area contributed by atoms with Gasteiger partial charge in [0.2, 0.25) is 0 Å². The second-order valence-electron chi connectivity index (χ2n) is 3.57. The topological polar surface area (TPSA) is 78.4 Å². The Balaban J connectivity index is 2.34. The van der Waals surface area contributed by atoms with E-state index in [1.807, 2.05) is 0 Å². The van der Waals surface area contributed by atoms with Gasteiger partial charge in [-0.2, -0.15) is 0 Å². The molecule has 0 spiro atoms. The van der Waals surface area contributed by atoms with E-state index in [1.54, 1.807) is 12.1 Å². The summed E-state index contributed by atoms with van der Waals surface area (Å²) in [5, 5.41) is 13.8. The highest BCUT2D eigenvalue weighted by atomic mass is 16.4. The second-order valence-corrected chi connectivity index (χ2v) is 3.57. The van der Waals surface area contributed by atoms with Crippen LogP contribution in [0.3, 0.4) is 0 Å². The van der Waals surface area contributed by atoms with E-state index in [1.165, 1.54) is 12.1 Å². The minimum Gasteiger partial charge on any atom is -0.478 e. The minimum absolute atomic E-state index is 0.194. The molecule has 0 saturated heterocycles. The number of carboxylic acid groups (broad SMARTS) is 1. The summed E-state index contributed by atoms with van der Waals surface area (Å²) in [4.78, 5) is 21.8. The van der Waals surface area contributed by atoms with Gasteiger partial charge in [-0.05, 0) is 24.1 Å². The van der Waals surface area contributed by atoms with Gasteiger partial charge in [-0.1, -0.05) is 18.1 Å². The molecular weight excluding hydrogens is 232 g/mol. The van der Waals surface area contributed by atoms with Crippen LogP contribution in [-0.2, 0) is 6.42 Å². The van der Waals surface area contributed by atoms with Crippen LogP contribution in [0.2, 0.25) is 0 Å². The summed E-state index contributed by atoms with van der Waals surface area (Å²) in [5.74, 6) is 1.35. The summed E-state index contributed by atoms with van der Waals surface area (Å²) in [6, 6.07) is 6.22. The van der Waals surface area contributed by atoms with Crippen molar-refractivity contribution >= 4 is 12.0 Å². The molecule has 0 aliphatic rings. The van der Waals surface area contributed by atoms with E-state index in [9.17, 15) is 9.59 Å². The first-order chi connectivity index (χ1) is 8.63. The Morgan fingerprint density at radius 2 is 1.89 bits per heavy atom. The molecule has 0 atom stereocenters. The van der Waals surface area contributed by atoms with Gasteiger partial charge in [0.1, 0.15) is 0 Å². The fraction of sp³-hybridized carbons (Fsp3) is 0.231. The SMILES string of the molecule is C#CCNC(=O)NCCc1ccc(C(=O)O)cc1. The number of carboxylic acids is 1. The third-order valence-electron chi connectivity index (χ3n) is 2.25. The Hall–Kier alpha value is -2.48. The molecule has 1 rings (SSSR count). The molecule has 0 radical (unpaired) electrons. The lowest BCUT2D eigenvalue weighted by atomic mass is 10.1. The van der Waals surface area contributed by atoms with E-state index in [0.29, 0.717) is 13.0 Å². The fourth-order valence-electron chi connectivity index (χ4n) is 1.33. The third kappa shape index (κ3) is 4.58. The van der Waals surface area contributed by atoms with E-state index < -0.39 is 5.97 Å². The molecule has 0 saturated carbocycles.